The van der Waals surface area contributed by atoms with E-state index < -0.39 is 0 Å². The molecule has 1 aromatic carbocycles. The Kier molecular flexibility index (Phi) is 2.50. The highest BCUT2D eigenvalue weighted by Crippen LogP contribution is 2.31. The van der Waals surface area contributed by atoms with E-state index in [9.17, 15) is 0 Å². The summed E-state index contributed by atoms with van der Waals surface area (Å²) in [5.41, 5.74) is 1.35. The highest BCUT2D eigenvalue weighted by atomic mass is 32.1. The molecule has 0 saturated carbocycles. The molecule has 2 aromatic heterocycles. The fourth-order valence-electron chi connectivity index (χ4n) is 1.93. The number of hydrogen-bond donors (Lipinski definition) is 0. The van der Waals surface area contributed by atoms with Gasteiger partial charge in [0.1, 0.15) is 16.1 Å². The Morgan fingerprint density at radius 2 is 2.00 bits per heavy atom. The van der Waals surface area contributed by atoms with Crippen LogP contribution in [0.15, 0.2) is 41.8 Å². The molecule has 0 atom stereocenters. The SMILES string of the molecule is CC[n+]1c(-c2cccs2)sc2ccccc21. The van der Waals surface area contributed by atoms with Crippen LogP contribution in [0.2, 0.25) is 0 Å². The Labute approximate surface area is 103 Å². The fraction of sp³-hybridized carbons (Fsp3) is 0.154. The second kappa shape index (κ2) is 4.00. The maximum absolute atomic E-state index is 2.39. The van der Waals surface area contributed by atoms with Crippen molar-refractivity contribution in [2.45, 2.75) is 13.5 Å². The third kappa shape index (κ3) is 1.47. The molecule has 2 heterocycles. The van der Waals surface area contributed by atoms with Crippen LogP contribution in [0.25, 0.3) is 20.1 Å². The molecule has 80 valence electrons. The lowest BCUT2D eigenvalue weighted by atomic mass is 10.3. The summed E-state index contributed by atoms with van der Waals surface area (Å²) >= 11 is 3.69. The molecule has 0 amide bonds. The van der Waals surface area contributed by atoms with Crippen molar-refractivity contribution in [1.82, 2.24) is 0 Å². The summed E-state index contributed by atoms with van der Waals surface area (Å²) in [5.74, 6) is 0. The predicted octanol–water partition coefficient (Wildman–Crippen LogP) is 3.94. The largest absolute Gasteiger partial charge is 0.280 e. The summed E-state index contributed by atoms with van der Waals surface area (Å²) in [6, 6.07) is 12.9. The van der Waals surface area contributed by atoms with Gasteiger partial charge in [-0.2, -0.15) is 4.57 Å². The van der Waals surface area contributed by atoms with Crippen molar-refractivity contribution < 1.29 is 4.57 Å². The van der Waals surface area contributed by atoms with Crippen molar-refractivity contribution in [3.8, 4) is 9.88 Å². The molecular weight excluding hydrogens is 234 g/mol. The smallest absolute Gasteiger partial charge is 0.181 e. The van der Waals surface area contributed by atoms with Crippen LogP contribution in [0.5, 0.6) is 0 Å². The van der Waals surface area contributed by atoms with Gasteiger partial charge in [0.25, 0.3) is 5.01 Å². The molecule has 3 rings (SSSR count). The molecule has 0 unspecified atom stereocenters. The summed E-state index contributed by atoms with van der Waals surface area (Å²) in [5, 5.41) is 3.51. The Morgan fingerprint density at radius 1 is 1.12 bits per heavy atom. The minimum absolute atomic E-state index is 1.03. The quantitative estimate of drug-likeness (QED) is 0.603. The number of thiazole rings is 1. The molecule has 0 saturated heterocycles. The van der Waals surface area contributed by atoms with Gasteiger partial charge in [0.2, 0.25) is 5.52 Å². The van der Waals surface area contributed by atoms with Gasteiger partial charge in [-0.05, 0) is 24.4 Å². The Morgan fingerprint density at radius 3 is 2.75 bits per heavy atom. The number of hydrogen-bond acceptors (Lipinski definition) is 2. The van der Waals surface area contributed by atoms with E-state index in [4.69, 9.17) is 0 Å². The number of aromatic nitrogens is 1. The lowest BCUT2D eigenvalue weighted by molar-refractivity contribution is -0.652. The summed E-state index contributed by atoms with van der Waals surface area (Å²) in [4.78, 5) is 1.36. The molecule has 16 heavy (non-hydrogen) atoms. The minimum Gasteiger partial charge on any atom is -0.181 e. The summed E-state index contributed by atoms with van der Waals surface area (Å²) in [7, 11) is 0. The van der Waals surface area contributed by atoms with Gasteiger partial charge in [0.05, 0.1) is 0 Å². The van der Waals surface area contributed by atoms with Crippen LogP contribution in [-0.2, 0) is 6.54 Å². The molecule has 1 nitrogen and oxygen atoms in total. The topological polar surface area (TPSA) is 3.88 Å². The second-order valence-corrected chi connectivity index (χ2v) is 5.57. The number of thiophene rings is 1. The first-order chi connectivity index (χ1) is 7.90. The monoisotopic (exact) mass is 246 g/mol. The van der Waals surface area contributed by atoms with Crippen molar-refractivity contribution >= 4 is 32.9 Å². The second-order valence-electron chi connectivity index (χ2n) is 3.60. The van der Waals surface area contributed by atoms with Crippen LogP contribution in [0.1, 0.15) is 6.92 Å². The van der Waals surface area contributed by atoms with E-state index in [1.165, 1.54) is 20.1 Å². The highest BCUT2D eigenvalue weighted by molar-refractivity contribution is 7.24. The molecule has 0 fully saturated rings. The van der Waals surface area contributed by atoms with Gasteiger partial charge in [-0.3, -0.25) is 0 Å². The Balaban J connectivity index is 2.32. The van der Waals surface area contributed by atoms with E-state index in [0.717, 1.165) is 6.54 Å². The van der Waals surface area contributed by atoms with Gasteiger partial charge < -0.3 is 0 Å². The first-order valence-electron chi connectivity index (χ1n) is 5.35. The van der Waals surface area contributed by atoms with E-state index in [0.29, 0.717) is 0 Å². The lowest BCUT2D eigenvalue weighted by Crippen LogP contribution is -2.32. The zero-order valence-electron chi connectivity index (χ0n) is 9.01. The van der Waals surface area contributed by atoms with E-state index >= 15 is 0 Å². The lowest BCUT2D eigenvalue weighted by Gasteiger charge is -1.92. The molecule has 0 bridgehead atoms. The van der Waals surface area contributed by atoms with Gasteiger partial charge >= 0.3 is 0 Å². The van der Waals surface area contributed by atoms with Crippen LogP contribution >= 0.6 is 22.7 Å². The van der Waals surface area contributed by atoms with Gasteiger partial charge in [0, 0.05) is 6.07 Å². The van der Waals surface area contributed by atoms with Crippen LogP contribution in [0, 0.1) is 0 Å². The van der Waals surface area contributed by atoms with Crippen LogP contribution in [0.4, 0.5) is 0 Å². The Hall–Kier alpha value is -1.19. The predicted molar refractivity (Wildman–Crippen MR) is 71.0 cm³/mol. The first-order valence-corrected chi connectivity index (χ1v) is 7.05. The zero-order chi connectivity index (χ0) is 11.0. The third-order valence-electron chi connectivity index (χ3n) is 2.66. The maximum atomic E-state index is 2.39. The first kappa shape index (κ1) is 10.00. The van der Waals surface area contributed by atoms with Gasteiger partial charge in [-0.1, -0.05) is 29.5 Å². The number of nitrogens with zero attached hydrogens (tertiary/aromatic N) is 1. The van der Waals surface area contributed by atoms with Gasteiger partial charge in [-0.15, -0.1) is 11.3 Å². The summed E-state index contributed by atoms with van der Waals surface area (Å²) in [6.07, 6.45) is 0. The molecule has 0 aliphatic rings. The normalized spacial score (nSPS) is 11.1. The van der Waals surface area contributed by atoms with Crippen LogP contribution in [0.3, 0.4) is 0 Å². The number of para-hydroxylation sites is 1. The van der Waals surface area contributed by atoms with Crippen LogP contribution in [-0.4, -0.2) is 0 Å². The van der Waals surface area contributed by atoms with Crippen molar-refractivity contribution in [2.75, 3.05) is 0 Å². The van der Waals surface area contributed by atoms with Crippen LogP contribution < -0.4 is 4.57 Å². The zero-order valence-corrected chi connectivity index (χ0v) is 10.6. The van der Waals surface area contributed by atoms with E-state index in [1.807, 2.05) is 22.7 Å². The molecular formula is C13H12NS2+. The average Bonchev–Trinajstić information content (AvgIpc) is 2.95. The van der Waals surface area contributed by atoms with Crippen molar-refractivity contribution in [1.29, 1.82) is 0 Å². The standard InChI is InChI=1S/C13H12NS2/c1-2-14-10-6-3-4-7-11(10)16-13(14)12-8-5-9-15-12/h3-9H,2H2,1H3/q+1. The van der Waals surface area contributed by atoms with E-state index in [1.54, 1.807) is 0 Å². The average molecular weight is 246 g/mol. The minimum atomic E-state index is 1.03. The molecule has 0 spiro atoms. The molecule has 0 aliphatic heterocycles. The highest BCUT2D eigenvalue weighted by Gasteiger charge is 2.20. The molecule has 0 N–H and O–H groups in total. The van der Waals surface area contributed by atoms with Crippen molar-refractivity contribution in [2.24, 2.45) is 0 Å². The Bertz CT molecular complexity index is 608. The number of benzene rings is 1. The number of rotatable bonds is 2. The van der Waals surface area contributed by atoms with Gasteiger partial charge in [-0.25, -0.2) is 0 Å². The molecule has 3 aromatic rings. The van der Waals surface area contributed by atoms with Crippen molar-refractivity contribution in [3.05, 3.63) is 41.8 Å². The van der Waals surface area contributed by atoms with E-state index in [2.05, 4.69) is 53.3 Å². The summed E-state index contributed by atoms with van der Waals surface area (Å²) in [6.45, 7) is 3.23. The van der Waals surface area contributed by atoms with E-state index in [-0.39, 0.29) is 0 Å². The fourth-order valence-corrected chi connectivity index (χ4v) is 4.02. The van der Waals surface area contributed by atoms with Gasteiger partial charge in [0.15, 0.2) is 0 Å². The molecule has 0 radical (unpaired) electrons. The molecule has 0 aliphatic carbocycles. The molecule has 3 heteroatoms. The van der Waals surface area contributed by atoms with Crippen molar-refractivity contribution in [3.63, 3.8) is 0 Å². The number of aryl methyl sites for hydroxylation is 1. The third-order valence-corrected chi connectivity index (χ3v) is 4.86. The number of fused-ring (bicyclic) bond motifs is 1. The summed E-state index contributed by atoms with van der Waals surface area (Å²) < 4.78 is 3.76. The maximum Gasteiger partial charge on any atom is 0.280 e.